The average molecular weight is 682 g/mol. The fourth-order valence-corrected chi connectivity index (χ4v) is 5.59. The average Bonchev–Trinajstić information content (AvgIpc) is 3.40. The van der Waals surface area contributed by atoms with Crippen molar-refractivity contribution in [1.29, 1.82) is 0 Å². The number of benzene rings is 1. The van der Waals surface area contributed by atoms with E-state index in [2.05, 4.69) is 25.7 Å². The zero-order valence-electron chi connectivity index (χ0n) is 25.1. The first-order chi connectivity index (χ1) is 21.9. The van der Waals surface area contributed by atoms with Gasteiger partial charge in [-0.3, -0.25) is 9.78 Å². The lowest BCUT2D eigenvalue weighted by Crippen LogP contribution is -2.29. The van der Waals surface area contributed by atoms with Gasteiger partial charge in [0.15, 0.2) is 0 Å². The van der Waals surface area contributed by atoms with Crippen LogP contribution in [-0.2, 0) is 49.9 Å². The summed E-state index contributed by atoms with van der Waals surface area (Å²) >= 11 is 0. The Kier molecular flexibility index (Phi) is 11.0. The maximum Gasteiger partial charge on any atom is 0.417 e. The molecule has 4 rings (SSSR count). The van der Waals surface area contributed by atoms with Gasteiger partial charge in [0.25, 0.3) is 5.95 Å². The molecule has 0 atom stereocenters. The number of carbonyl (C=O) groups is 1. The van der Waals surface area contributed by atoms with E-state index in [-0.39, 0.29) is 42.0 Å². The summed E-state index contributed by atoms with van der Waals surface area (Å²) in [5, 5.41) is 23.7. The number of alkyl halides is 9. The van der Waals surface area contributed by atoms with Crippen LogP contribution in [0.15, 0.2) is 30.5 Å². The van der Waals surface area contributed by atoms with E-state index < -0.39 is 59.8 Å². The van der Waals surface area contributed by atoms with E-state index in [1.54, 1.807) is 0 Å². The number of nitrogens with zero attached hydrogens (tertiary/aromatic N) is 6. The largest absolute Gasteiger partial charge is 0.481 e. The van der Waals surface area contributed by atoms with Crippen LogP contribution >= 0.6 is 0 Å². The van der Waals surface area contributed by atoms with E-state index in [1.807, 2.05) is 0 Å². The van der Waals surface area contributed by atoms with Crippen LogP contribution in [0.25, 0.3) is 0 Å². The van der Waals surface area contributed by atoms with Crippen LogP contribution in [0.4, 0.5) is 45.5 Å². The third-order valence-corrected chi connectivity index (χ3v) is 7.95. The predicted molar refractivity (Wildman–Crippen MR) is 149 cm³/mol. The van der Waals surface area contributed by atoms with Gasteiger partial charge in [-0.15, -0.1) is 5.10 Å². The quantitative estimate of drug-likeness (QED) is 0.170. The molecule has 47 heavy (non-hydrogen) atoms. The second-order valence-electron chi connectivity index (χ2n) is 11.6. The van der Waals surface area contributed by atoms with E-state index in [0.29, 0.717) is 37.3 Å². The Balaban J connectivity index is 1.56. The number of hydrogen-bond donors (Lipinski definition) is 2. The minimum absolute atomic E-state index is 0.0159. The van der Waals surface area contributed by atoms with Gasteiger partial charge in [-0.25, -0.2) is 0 Å². The summed E-state index contributed by atoms with van der Waals surface area (Å²) < 4.78 is 122. The smallest absolute Gasteiger partial charge is 0.417 e. The van der Waals surface area contributed by atoms with Gasteiger partial charge in [0.05, 0.1) is 23.7 Å². The molecule has 9 nitrogen and oxygen atoms in total. The van der Waals surface area contributed by atoms with Crippen LogP contribution in [0, 0.1) is 11.8 Å². The Morgan fingerprint density at radius 3 is 2.02 bits per heavy atom. The molecule has 0 spiro atoms. The number of carboxylic acid groups (broad SMARTS) is 1. The predicted octanol–water partition coefficient (Wildman–Crippen LogP) is 6.28. The van der Waals surface area contributed by atoms with Gasteiger partial charge in [0.2, 0.25) is 0 Å². The molecule has 1 fully saturated rings. The summed E-state index contributed by atoms with van der Waals surface area (Å²) in [6, 6.07) is 1.88. The van der Waals surface area contributed by atoms with Crippen molar-refractivity contribution in [1.82, 2.24) is 30.5 Å². The maximum atomic E-state index is 13.7. The van der Waals surface area contributed by atoms with Crippen molar-refractivity contribution < 1.29 is 49.4 Å². The molecule has 2 N–H and O–H groups in total. The van der Waals surface area contributed by atoms with Gasteiger partial charge in [0.1, 0.15) is 0 Å². The molecule has 1 aliphatic carbocycles. The molecule has 3 aromatic rings. The van der Waals surface area contributed by atoms with Gasteiger partial charge in [0, 0.05) is 44.4 Å². The van der Waals surface area contributed by atoms with Crippen molar-refractivity contribution in [3.63, 3.8) is 0 Å². The lowest BCUT2D eigenvalue weighted by molar-refractivity contribution is -0.143. The maximum absolute atomic E-state index is 13.7. The van der Waals surface area contributed by atoms with Crippen molar-refractivity contribution in [3.8, 4) is 0 Å². The fourth-order valence-electron chi connectivity index (χ4n) is 5.59. The highest BCUT2D eigenvalue weighted by molar-refractivity contribution is 5.67. The number of tetrazole rings is 1. The van der Waals surface area contributed by atoms with Gasteiger partial charge < -0.3 is 15.3 Å². The standard InChI is InChI=1S/C29H32F9N7O2/c1-44-42-26(41-43-44)45(15-19-8-21(27(30,31)32)12-22(9-19)28(33,34)35)16-20-11-23(29(36,37)38)14-40-24(20)6-7-39-13-18-4-2-17(3-5-18)10-25(46)47/h8-9,11-12,14,17-18,39H,2-7,10,13,15-16H2,1H3,(H,46,47). The van der Waals surface area contributed by atoms with Gasteiger partial charge in [-0.05, 0) is 84.7 Å². The summed E-state index contributed by atoms with van der Waals surface area (Å²) in [7, 11) is 1.36. The molecule has 258 valence electrons. The lowest BCUT2D eigenvalue weighted by atomic mass is 9.80. The third-order valence-electron chi connectivity index (χ3n) is 7.95. The highest BCUT2D eigenvalue weighted by Gasteiger charge is 2.37. The normalized spacial score (nSPS) is 17.6. The van der Waals surface area contributed by atoms with Crippen molar-refractivity contribution >= 4 is 11.9 Å². The first kappa shape index (κ1) is 35.9. The van der Waals surface area contributed by atoms with Crippen LogP contribution in [0.5, 0.6) is 0 Å². The van der Waals surface area contributed by atoms with Crippen molar-refractivity contribution in [2.75, 3.05) is 18.0 Å². The van der Waals surface area contributed by atoms with Crippen LogP contribution in [0.3, 0.4) is 0 Å². The summed E-state index contributed by atoms with van der Waals surface area (Å²) in [6.07, 6.45) is -10.8. The number of halogens is 9. The van der Waals surface area contributed by atoms with Crippen LogP contribution in [-0.4, -0.2) is 49.4 Å². The Labute approximate surface area is 263 Å². The number of aliphatic carboxylic acids is 1. The first-order valence-corrected chi connectivity index (χ1v) is 14.6. The highest BCUT2D eigenvalue weighted by Crippen LogP contribution is 2.37. The number of anilines is 1. The second kappa shape index (κ2) is 14.4. The molecule has 1 aliphatic rings. The number of hydrogen-bond acceptors (Lipinski definition) is 7. The van der Waals surface area contributed by atoms with E-state index in [9.17, 15) is 44.3 Å². The van der Waals surface area contributed by atoms with E-state index >= 15 is 0 Å². The summed E-state index contributed by atoms with van der Waals surface area (Å²) in [5.41, 5.74) is -4.36. The molecule has 18 heteroatoms. The van der Waals surface area contributed by atoms with Crippen LogP contribution < -0.4 is 10.2 Å². The molecule has 1 aromatic carbocycles. The van der Waals surface area contributed by atoms with Crippen molar-refractivity contribution in [2.45, 2.75) is 70.1 Å². The minimum Gasteiger partial charge on any atom is -0.481 e. The molecule has 1 saturated carbocycles. The number of pyridine rings is 1. The topological polar surface area (TPSA) is 109 Å². The zero-order valence-corrected chi connectivity index (χ0v) is 25.1. The number of carboxylic acids is 1. The first-order valence-electron chi connectivity index (χ1n) is 14.6. The Morgan fingerprint density at radius 2 is 1.49 bits per heavy atom. The summed E-state index contributed by atoms with van der Waals surface area (Å²) in [6.45, 7) is -0.158. The molecule has 0 radical (unpaired) electrons. The SMILES string of the molecule is Cn1nnc(N(Cc2cc(C(F)(F)F)cc(C(F)(F)F)c2)Cc2cc(C(F)(F)F)cnc2CCNCC2CCC(CC(=O)O)CC2)n1. The summed E-state index contributed by atoms with van der Waals surface area (Å²) in [4.78, 5) is 17.1. The van der Waals surface area contributed by atoms with Gasteiger partial charge in [-0.2, -0.15) is 44.3 Å². The van der Waals surface area contributed by atoms with Crippen LogP contribution in [0.2, 0.25) is 0 Å². The zero-order chi connectivity index (χ0) is 34.6. The second-order valence-corrected chi connectivity index (χ2v) is 11.6. The Morgan fingerprint density at radius 1 is 0.894 bits per heavy atom. The molecule has 0 amide bonds. The molecular formula is C29H32F9N7O2. The number of aryl methyl sites for hydroxylation is 1. The lowest BCUT2D eigenvalue weighted by Gasteiger charge is -2.27. The van der Waals surface area contributed by atoms with Crippen LogP contribution in [0.1, 0.15) is 65.6 Å². The highest BCUT2D eigenvalue weighted by atomic mass is 19.4. The minimum atomic E-state index is -5.10. The molecule has 0 aliphatic heterocycles. The monoisotopic (exact) mass is 681 g/mol. The van der Waals surface area contributed by atoms with Gasteiger partial charge >= 0.3 is 24.5 Å². The molecule has 0 bridgehead atoms. The number of nitrogens with one attached hydrogen (secondary N) is 1. The van der Waals surface area contributed by atoms with E-state index in [4.69, 9.17) is 5.11 Å². The van der Waals surface area contributed by atoms with Crippen molar-refractivity contribution in [2.24, 2.45) is 18.9 Å². The molecule has 0 saturated heterocycles. The van der Waals surface area contributed by atoms with Crippen molar-refractivity contribution in [3.05, 3.63) is 64.0 Å². The summed E-state index contributed by atoms with van der Waals surface area (Å²) in [5.74, 6) is -0.642. The Hall–Kier alpha value is -3.96. The molecular weight excluding hydrogens is 649 g/mol. The van der Waals surface area contributed by atoms with Gasteiger partial charge in [-0.1, -0.05) is 5.10 Å². The Bertz CT molecular complexity index is 1480. The fraction of sp³-hybridized carbons (Fsp3) is 0.552. The molecule has 2 aromatic heterocycles. The molecule has 2 heterocycles. The number of rotatable bonds is 12. The van der Waals surface area contributed by atoms with E-state index in [1.165, 1.54) is 7.05 Å². The number of aromatic nitrogens is 5. The van der Waals surface area contributed by atoms with E-state index in [0.717, 1.165) is 41.4 Å². The third kappa shape index (κ3) is 10.3. The molecule has 0 unspecified atom stereocenters.